The standard InChI is InChI=1S/C24H16F2N2O4/c1-30-15-5-2-13(3-6-15)24(29)31-16-7-9-18-21(11-16)32-23(28)19(12-27)22(18)17-8-4-14(25)10-20(17)26/h2-11,22H,28H2,1H3/t22-/m1/s1. The van der Waals surface area contributed by atoms with Crippen LogP contribution in [0.4, 0.5) is 8.78 Å². The number of nitrogens with zero attached hydrogens (tertiary/aromatic N) is 1. The average Bonchev–Trinajstić information content (AvgIpc) is 2.78. The van der Waals surface area contributed by atoms with E-state index in [9.17, 15) is 18.8 Å². The molecular formula is C24H16F2N2O4. The van der Waals surface area contributed by atoms with E-state index < -0.39 is 23.5 Å². The van der Waals surface area contributed by atoms with Crippen LogP contribution in [0.3, 0.4) is 0 Å². The summed E-state index contributed by atoms with van der Waals surface area (Å²) in [6, 6.07) is 15.9. The lowest BCUT2D eigenvalue weighted by Gasteiger charge is -2.27. The number of halogens is 2. The largest absolute Gasteiger partial charge is 0.497 e. The maximum atomic E-state index is 14.5. The van der Waals surface area contributed by atoms with E-state index in [1.54, 1.807) is 30.3 Å². The number of nitriles is 1. The van der Waals surface area contributed by atoms with Gasteiger partial charge in [0.25, 0.3) is 0 Å². The number of carbonyl (C=O) groups excluding carboxylic acids is 1. The molecule has 0 amide bonds. The number of fused-ring (bicyclic) bond motifs is 1. The molecule has 0 bridgehead atoms. The zero-order valence-corrected chi connectivity index (χ0v) is 16.8. The lowest BCUT2D eigenvalue weighted by Crippen LogP contribution is -2.22. The van der Waals surface area contributed by atoms with E-state index in [0.29, 0.717) is 16.9 Å². The van der Waals surface area contributed by atoms with Gasteiger partial charge in [-0.15, -0.1) is 0 Å². The molecule has 0 radical (unpaired) electrons. The minimum absolute atomic E-state index is 0.00835. The van der Waals surface area contributed by atoms with E-state index in [0.717, 1.165) is 12.1 Å². The van der Waals surface area contributed by atoms with Gasteiger partial charge >= 0.3 is 5.97 Å². The number of nitrogens with two attached hydrogens (primary N) is 1. The molecule has 32 heavy (non-hydrogen) atoms. The molecule has 0 fully saturated rings. The van der Waals surface area contributed by atoms with E-state index in [-0.39, 0.29) is 28.5 Å². The van der Waals surface area contributed by atoms with Crippen LogP contribution >= 0.6 is 0 Å². The van der Waals surface area contributed by atoms with Gasteiger partial charge in [-0.1, -0.05) is 12.1 Å². The van der Waals surface area contributed by atoms with Crippen molar-refractivity contribution in [3.63, 3.8) is 0 Å². The molecule has 1 aliphatic rings. The van der Waals surface area contributed by atoms with Crippen molar-refractivity contribution >= 4 is 5.97 Å². The van der Waals surface area contributed by atoms with Gasteiger partial charge in [0.1, 0.15) is 40.5 Å². The minimum Gasteiger partial charge on any atom is -0.497 e. The van der Waals surface area contributed by atoms with Crippen LogP contribution in [0.15, 0.2) is 72.1 Å². The molecule has 3 aromatic carbocycles. The zero-order valence-electron chi connectivity index (χ0n) is 16.8. The SMILES string of the molecule is COc1ccc(C(=O)Oc2ccc3c(c2)OC(N)=C(C#N)[C@@H]3c2ccc(F)cc2F)cc1. The summed E-state index contributed by atoms with van der Waals surface area (Å²) in [5, 5.41) is 9.56. The summed E-state index contributed by atoms with van der Waals surface area (Å²) in [4.78, 5) is 12.4. The Balaban J connectivity index is 1.68. The highest BCUT2D eigenvalue weighted by molar-refractivity contribution is 5.91. The Kier molecular flexibility index (Phi) is 5.48. The Morgan fingerprint density at radius 1 is 1.03 bits per heavy atom. The van der Waals surface area contributed by atoms with Crippen LogP contribution in [0, 0.1) is 23.0 Å². The van der Waals surface area contributed by atoms with Gasteiger partial charge in [0.05, 0.1) is 18.6 Å². The molecular weight excluding hydrogens is 418 g/mol. The van der Waals surface area contributed by atoms with E-state index in [1.165, 1.54) is 25.3 Å². The highest BCUT2D eigenvalue weighted by Crippen LogP contribution is 2.44. The molecule has 0 aliphatic carbocycles. The van der Waals surface area contributed by atoms with Crippen molar-refractivity contribution in [1.82, 2.24) is 0 Å². The topological polar surface area (TPSA) is 94.6 Å². The highest BCUT2D eigenvalue weighted by atomic mass is 19.1. The third kappa shape index (κ3) is 3.84. The van der Waals surface area contributed by atoms with Gasteiger partial charge in [-0.3, -0.25) is 0 Å². The van der Waals surface area contributed by atoms with E-state index >= 15 is 0 Å². The van der Waals surface area contributed by atoms with Crippen LogP contribution in [-0.2, 0) is 0 Å². The zero-order chi connectivity index (χ0) is 22.8. The predicted octanol–water partition coefficient (Wildman–Crippen LogP) is 4.41. The first-order valence-corrected chi connectivity index (χ1v) is 9.44. The lowest BCUT2D eigenvalue weighted by molar-refractivity contribution is 0.0734. The molecule has 2 N–H and O–H groups in total. The highest BCUT2D eigenvalue weighted by Gasteiger charge is 2.33. The Labute approximate surface area is 182 Å². The molecule has 1 heterocycles. The van der Waals surface area contributed by atoms with Crippen molar-refractivity contribution in [1.29, 1.82) is 5.26 Å². The normalized spacial score (nSPS) is 14.8. The first-order chi connectivity index (χ1) is 15.4. The first-order valence-electron chi connectivity index (χ1n) is 9.44. The second kappa shape index (κ2) is 8.40. The number of rotatable bonds is 4. The van der Waals surface area contributed by atoms with Crippen molar-refractivity contribution in [2.75, 3.05) is 7.11 Å². The van der Waals surface area contributed by atoms with E-state index in [1.807, 2.05) is 6.07 Å². The summed E-state index contributed by atoms with van der Waals surface area (Å²) < 4.78 is 43.9. The number of ether oxygens (including phenoxy) is 3. The molecule has 3 aromatic rings. The van der Waals surface area contributed by atoms with Crippen LogP contribution in [0.1, 0.15) is 27.4 Å². The number of methoxy groups -OCH3 is 1. The molecule has 1 atom stereocenters. The Hall–Kier alpha value is -4.38. The molecule has 6 nitrogen and oxygen atoms in total. The molecule has 0 unspecified atom stereocenters. The van der Waals surface area contributed by atoms with Gasteiger partial charge in [-0.05, 0) is 36.4 Å². The average molecular weight is 434 g/mol. The summed E-state index contributed by atoms with van der Waals surface area (Å²) in [6.07, 6.45) is 0. The predicted molar refractivity (Wildman–Crippen MR) is 110 cm³/mol. The fourth-order valence-electron chi connectivity index (χ4n) is 3.45. The number of esters is 1. The molecule has 1 aliphatic heterocycles. The number of benzene rings is 3. The van der Waals surface area contributed by atoms with E-state index in [4.69, 9.17) is 19.9 Å². The number of carbonyl (C=O) groups is 1. The molecule has 0 spiro atoms. The van der Waals surface area contributed by atoms with Gasteiger partial charge in [0.15, 0.2) is 0 Å². The molecule has 0 saturated carbocycles. The summed E-state index contributed by atoms with van der Waals surface area (Å²) in [6.45, 7) is 0. The summed E-state index contributed by atoms with van der Waals surface area (Å²) in [7, 11) is 1.52. The first kappa shape index (κ1) is 20.9. The Bertz CT molecular complexity index is 1280. The van der Waals surface area contributed by atoms with Crippen LogP contribution in [0.5, 0.6) is 17.2 Å². The fraction of sp³-hybridized carbons (Fsp3) is 0.0833. The number of hydrogen-bond acceptors (Lipinski definition) is 6. The molecule has 4 rings (SSSR count). The smallest absolute Gasteiger partial charge is 0.343 e. The second-order valence-corrected chi connectivity index (χ2v) is 6.91. The Morgan fingerprint density at radius 3 is 2.38 bits per heavy atom. The third-order valence-corrected chi connectivity index (χ3v) is 5.00. The summed E-state index contributed by atoms with van der Waals surface area (Å²) in [5.41, 5.74) is 6.69. The quantitative estimate of drug-likeness (QED) is 0.483. The molecule has 160 valence electrons. The van der Waals surface area contributed by atoms with Crippen molar-refractivity contribution in [3.8, 4) is 23.3 Å². The van der Waals surface area contributed by atoms with Gasteiger partial charge in [0.2, 0.25) is 5.88 Å². The second-order valence-electron chi connectivity index (χ2n) is 6.91. The molecule has 0 saturated heterocycles. The van der Waals surface area contributed by atoms with Crippen LogP contribution in [0.2, 0.25) is 0 Å². The van der Waals surface area contributed by atoms with E-state index in [2.05, 4.69) is 0 Å². The minimum atomic E-state index is -0.907. The molecule has 8 heteroatoms. The molecule has 0 aromatic heterocycles. The summed E-state index contributed by atoms with van der Waals surface area (Å²) in [5.74, 6) is -2.34. The number of allylic oxidation sites excluding steroid dienone is 1. The fourth-order valence-corrected chi connectivity index (χ4v) is 3.45. The van der Waals surface area contributed by atoms with Gasteiger partial charge in [-0.25, -0.2) is 13.6 Å². The Morgan fingerprint density at radius 2 is 1.72 bits per heavy atom. The number of hydrogen-bond donors (Lipinski definition) is 1. The monoisotopic (exact) mass is 434 g/mol. The van der Waals surface area contributed by atoms with Crippen LogP contribution in [-0.4, -0.2) is 13.1 Å². The van der Waals surface area contributed by atoms with Gasteiger partial charge < -0.3 is 19.9 Å². The summed E-state index contributed by atoms with van der Waals surface area (Å²) >= 11 is 0. The van der Waals surface area contributed by atoms with Crippen molar-refractivity contribution in [2.45, 2.75) is 5.92 Å². The van der Waals surface area contributed by atoms with Crippen molar-refractivity contribution < 1.29 is 27.8 Å². The van der Waals surface area contributed by atoms with Crippen LogP contribution in [0.25, 0.3) is 0 Å². The van der Waals surface area contributed by atoms with Crippen molar-refractivity contribution in [2.24, 2.45) is 5.73 Å². The van der Waals surface area contributed by atoms with Crippen LogP contribution < -0.4 is 19.9 Å². The van der Waals surface area contributed by atoms with Crippen molar-refractivity contribution in [3.05, 3.63) is 100 Å². The van der Waals surface area contributed by atoms with Gasteiger partial charge in [-0.2, -0.15) is 5.26 Å². The maximum absolute atomic E-state index is 14.5. The maximum Gasteiger partial charge on any atom is 0.343 e. The third-order valence-electron chi connectivity index (χ3n) is 5.00. The van der Waals surface area contributed by atoms with Gasteiger partial charge in [0, 0.05) is 23.3 Å². The lowest BCUT2D eigenvalue weighted by atomic mass is 9.83.